The summed E-state index contributed by atoms with van der Waals surface area (Å²) in [5.74, 6) is -0.241. The Morgan fingerprint density at radius 2 is 1.96 bits per heavy atom. The standard InChI is InChI=1S/C17H24N4O5/c1-17(2)9-26-10-21(17)15(23)12-8-11-13(20(12)6-7-25-5)18(3)16(24)19(4)14(11)22/h8H,6-7,9-10H2,1-5H3. The summed E-state index contributed by atoms with van der Waals surface area (Å²) in [4.78, 5) is 39.7. The van der Waals surface area contributed by atoms with Gasteiger partial charge in [-0.1, -0.05) is 0 Å². The van der Waals surface area contributed by atoms with Crippen molar-refractivity contribution in [3.8, 4) is 0 Å². The summed E-state index contributed by atoms with van der Waals surface area (Å²) in [6.07, 6.45) is 0. The van der Waals surface area contributed by atoms with Gasteiger partial charge in [-0.3, -0.25) is 18.7 Å². The van der Waals surface area contributed by atoms with Crippen LogP contribution in [0.1, 0.15) is 24.3 Å². The Labute approximate surface area is 150 Å². The van der Waals surface area contributed by atoms with Crippen LogP contribution in [0.15, 0.2) is 15.7 Å². The molecule has 0 aliphatic carbocycles. The molecular weight excluding hydrogens is 340 g/mol. The third-order valence-corrected chi connectivity index (χ3v) is 4.88. The molecule has 2 aromatic heterocycles. The first-order valence-corrected chi connectivity index (χ1v) is 8.38. The minimum absolute atomic E-state index is 0.189. The Morgan fingerprint density at radius 1 is 1.27 bits per heavy atom. The zero-order valence-corrected chi connectivity index (χ0v) is 15.7. The molecule has 0 bridgehead atoms. The largest absolute Gasteiger partial charge is 0.383 e. The van der Waals surface area contributed by atoms with Crippen LogP contribution in [0.25, 0.3) is 11.0 Å². The number of fused-ring (bicyclic) bond motifs is 1. The normalized spacial score (nSPS) is 16.6. The second-order valence-electron chi connectivity index (χ2n) is 7.14. The van der Waals surface area contributed by atoms with E-state index in [1.165, 1.54) is 11.6 Å². The molecule has 9 nitrogen and oxygen atoms in total. The van der Waals surface area contributed by atoms with Gasteiger partial charge in [-0.15, -0.1) is 0 Å². The van der Waals surface area contributed by atoms with E-state index in [0.29, 0.717) is 36.5 Å². The topological polar surface area (TPSA) is 87.7 Å². The van der Waals surface area contributed by atoms with E-state index in [0.717, 1.165) is 4.57 Å². The van der Waals surface area contributed by atoms with Gasteiger partial charge in [0.05, 0.1) is 24.1 Å². The molecule has 0 spiro atoms. The maximum Gasteiger partial charge on any atom is 0.332 e. The number of aryl methyl sites for hydroxylation is 1. The number of amides is 1. The average Bonchev–Trinajstić information content (AvgIpc) is 3.15. The number of carbonyl (C=O) groups excluding carboxylic acids is 1. The molecule has 9 heteroatoms. The van der Waals surface area contributed by atoms with Crippen molar-refractivity contribution in [2.45, 2.75) is 25.9 Å². The molecule has 0 aromatic carbocycles. The second kappa shape index (κ2) is 6.40. The summed E-state index contributed by atoms with van der Waals surface area (Å²) in [5, 5.41) is 0.326. The van der Waals surface area contributed by atoms with Crippen molar-refractivity contribution >= 4 is 16.9 Å². The minimum atomic E-state index is -0.448. The van der Waals surface area contributed by atoms with Crippen molar-refractivity contribution in [1.29, 1.82) is 0 Å². The van der Waals surface area contributed by atoms with E-state index in [-0.39, 0.29) is 12.6 Å². The molecule has 26 heavy (non-hydrogen) atoms. The highest BCUT2D eigenvalue weighted by Crippen LogP contribution is 2.26. The number of nitrogens with zero attached hydrogens (tertiary/aromatic N) is 4. The monoisotopic (exact) mass is 364 g/mol. The molecule has 1 aliphatic rings. The zero-order chi connectivity index (χ0) is 19.2. The first-order chi connectivity index (χ1) is 12.2. The van der Waals surface area contributed by atoms with E-state index in [1.807, 2.05) is 13.8 Å². The molecule has 0 unspecified atom stereocenters. The fourth-order valence-corrected chi connectivity index (χ4v) is 3.34. The lowest BCUT2D eigenvalue weighted by molar-refractivity contribution is 0.0592. The van der Waals surface area contributed by atoms with Crippen LogP contribution in [-0.2, 0) is 30.1 Å². The Morgan fingerprint density at radius 3 is 2.54 bits per heavy atom. The number of ether oxygens (including phenoxy) is 2. The number of hydrogen-bond acceptors (Lipinski definition) is 5. The predicted molar refractivity (Wildman–Crippen MR) is 95.4 cm³/mol. The van der Waals surface area contributed by atoms with E-state index in [9.17, 15) is 14.4 Å². The van der Waals surface area contributed by atoms with Crippen LogP contribution in [-0.4, -0.2) is 57.1 Å². The van der Waals surface area contributed by atoms with Gasteiger partial charge in [-0.2, -0.15) is 0 Å². The van der Waals surface area contributed by atoms with Crippen molar-refractivity contribution in [2.75, 3.05) is 27.1 Å². The van der Waals surface area contributed by atoms with E-state index in [4.69, 9.17) is 9.47 Å². The van der Waals surface area contributed by atoms with Gasteiger partial charge >= 0.3 is 5.69 Å². The van der Waals surface area contributed by atoms with Crippen LogP contribution in [0.5, 0.6) is 0 Å². The molecule has 1 amide bonds. The summed E-state index contributed by atoms with van der Waals surface area (Å²) in [6.45, 7) is 5.17. The molecule has 0 N–H and O–H groups in total. The van der Waals surface area contributed by atoms with Gasteiger partial charge in [0.15, 0.2) is 0 Å². The Hall–Kier alpha value is -2.39. The third-order valence-electron chi connectivity index (χ3n) is 4.88. The smallest absolute Gasteiger partial charge is 0.332 e. The van der Waals surface area contributed by atoms with Crippen molar-refractivity contribution in [3.63, 3.8) is 0 Å². The zero-order valence-electron chi connectivity index (χ0n) is 15.7. The Bertz CT molecular complexity index is 982. The maximum atomic E-state index is 13.2. The van der Waals surface area contributed by atoms with E-state index >= 15 is 0 Å². The highest BCUT2D eigenvalue weighted by atomic mass is 16.5. The minimum Gasteiger partial charge on any atom is -0.383 e. The van der Waals surface area contributed by atoms with Gasteiger partial charge in [-0.25, -0.2) is 4.79 Å². The summed E-state index contributed by atoms with van der Waals surface area (Å²) in [5.41, 5.74) is -0.560. The first kappa shape index (κ1) is 18.4. The summed E-state index contributed by atoms with van der Waals surface area (Å²) < 4.78 is 14.7. The van der Waals surface area contributed by atoms with E-state index < -0.39 is 16.8 Å². The summed E-state index contributed by atoms with van der Waals surface area (Å²) in [7, 11) is 4.57. The highest BCUT2D eigenvalue weighted by Gasteiger charge is 2.38. The first-order valence-electron chi connectivity index (χ1n) is 8.38. The molecule has 142 valence electrons. The fraction of sp³-hybridized carbons (Fsp3) is 0.588. The average molecular weight is 364 g/mol. The molecule has 1 saturated heterocycles. The van der Waals surface area contributed by atoms with Crippen LogP contribution in [0.4, 0.5) is 0 Å². The van der Waals surface area contributed by atoms with Crippen LogP contribution in [0, 0.1) is 0 Å². The summed E-state index contributed by atoms with van der Waals surface area (Å²) in [6, 6.07) is 1.56. The number of hydrogen-bond donors (Lipinski definition) is 0. The van der Waals surface area contributed by atoms with E-state index in [2.05, 4.69) is 0 Å². The molecule has 3 heterocycles. The third kappa shape index (κ3) is 2.67. The van der Waals surface area contributed by atoms with Crippen LogP contribution in [0.3, 0.4) is 0 Å². The van der Waals surface area contributed by atoms with Crippen molar-refractivity contribution in [1.82, 2.24) is 18.6 Å². The molecule has 1 aliphatic heterocycles. The number of rotatable bonds is 4. The molecule has 0 atom stereocenters. The quantitative estimate of drug-likeness (QED) is 0.756. The van der Waals surface area contributed by atoms with Crippen molar-refractivity contribution in [3.05, 3.63) is 32.6 Å². The maximum absolute atomic E-state index is 13.2. The molecular formula is C17H24N4O5. The molecule has 0 saturated carbocycles. The number of methoxy groups -OCH3 is 1. The van der Waals surface area contributed by atoms with Gasteiger partial charge in [0.1, 0.15) is 18.1 Å². The lowest BCUT2D eigenvalue weighted by atomic mass is 10.1. The highest BCUT2D eigenvalue weighted by molar-refractivity contribution is 5.98. The van der Waals surface area contributed by atoms with E-state index in [1.54, 1.807) is 29.7 Å². The molecule has 3 rings (SSSR count). The van der Waals surface area contributed by atoms with Crippen LogP contribution in [0.2, 0.25) is 0 Å². The molecule has 1 fully saturated rings. The van der Waals surface area contributed by atoms with Gasteiger partial charge < -0.3 is 18.9 Å². The van der Waals surface area contributed by atoms with Gasteiger partial charge in [0, 0.05) is 27.7 Å². The van der Waals surface area contributed by atoms with Crippen LogP contribution < -0.4 is 11.2 Å². The van der Waals surface area contributed by atoms with Crippen LogP contribution >= 0.6 is 0 Å². The molecule has 0 radical (unpaired) electrons. The number of aromatic nitrogens is 3. The van der Waals surface area contributed by atoms with Gasteiger partial charge in [0.2, 0.25) is 0 Å². The molecule has 2 aromatic rings. The van der Waals surface area contributed by atoms with Crippen molar-refractivity contribution in [2.24, 2.45) is 14.1 Å². The predicted octanol–water partition coefficient (Wildman–Crippen LogP) is -0.106. The summed E-state index contributed by atoms with van der Waals surface area (Å²) >= 11 is 0. The lowest BCUT2D eigenvalue weighted by Crippen LogP contribution is -2.45. The second-order valence-corrected chi connectivity index (χ2v) is 7.14. The SMILES string of the molecule is COCCn1c(C(=O)N2COCC2(C)C)cc2c(=O)n(C)c(=O)n(C)c21. The van der Waals surface area contributed by atoms with Crippen molar-refractivity contribution < 1.29 is 14.3 Å². The van der Waals surface area contributed by atoms with Gasteiger partial charge in [0.25, 0.3) is 11.5 Å². The Balaban J connectivity index is 2.26. The lowest BCUT2D eigenvalue weighted by Gasteiger charge is -2.29. The Kier molecular flexibility index (Phi) is 4.53. The number of carbonyl (C=O) groups is 1. The fourth-order valence-electron chi connectivity index (χ4n) is 3.34. The van der Waals surface area contributed by atoms with Gasteiger partial charge in [-0.05, 0) is 19.9 Å².